The van der Waals surface area contributed by atoms with Crippen LogP contribution in [0.25, 0.3) is 0 Å². The Morgan fingerprint density at radius 2 is 1.76 bits per heavy atom. The van der Waals surface area contributed by atoms with Crippen molar-refractivity contribution in [3.05, 3.63) is 29.8 Å². The predicted molar refractivity (Wildman–Crippen MR) is 92.8 cm³/mol. The lowest BCUT2D eigenvalue weighted by Gasteiger charge is -2.36. The van der Waals surface area contributed by atoms with Crippen LogP contribution in [-0.4, -0.2) is 37.5 Å². The largest absolute Gasteiger partial charge is 0.480 e. The monoisotopic (exact) mass is 368 g/mol. The normalized spacial score (nSPS) is 23.8. The van der Waals surface area contributed by atoms with Gasteiger partial charge in [-0.25, -0.2) is 17.9 Å². The van der Waals surface area contributed by atoms with Crippen molar-refractivity contribution in [1.82, 2.24) is 10.0 Å². The van der Waals surface area contributed by atoms with Crippen molar-refractivity contribution in [2.75, 3.05) is 6.54 Å². The van der Waals surface area contributed by atoms with Gasteiger partial charge in [-0.15, -0.1) is 0 Å². The molecular formula is C17H24N2O5S. The average molecular weight is 368 g/mol. The lowest BCUT2D eigenvalue weighted by Crippen LogP contribution is -2.56. The first-order valence-corrected chi connectivity index (χ1v) is 9.84. The van der Waals surface area contributed by atoms with Gasteiger partial charge in [0.15, 0.2) is 0 Å². The van der Waals surface area contributed by atoms with Gasteiger partial charge in [0.25, 0.3) is 5.91 Å². The fourth-order valence-electron chi connectivity index (χ4n) is 3.00. The molecule has 1 aromatic rings. The summed E-state index contributed by atoms with van der Waals surface area (Å²) in [5.41, 5.74) is -1.02. The Morgan fingerprint density at radius 1 is 1.20 bits per heavy atom. The number of carboxylic acid groups (broad SMARTS) is 1. The topological polar surface area (TPSA) is 113 Å². The molecule has 0 atom stereocenters. The number of sulfonamides is 1. The summed E-state index contributed by atoms with van der Waals surface area (Å²) in [5.74, 6) is -1.09. The Kier molecular flexibility index (Phi) is 5.84. The van der Waals surface area contributed by atoms with Gasteiger partial charge in [0.1, 0.15) is 5.54 Å². The summed E-state index contributed by atoms with van der Waals surface area (Å²) in [6.45, 7) is 4.01. The fourth-order valence-corrected chi connectivity index (χ4v) is 4.04. The smallest absolute Gasteiger partial charge is 0.329 e. The number of hydrogen-bond acceptors (Lipinski definition) is 4. The summed E-state index contributed by atoms with van der Waals surface area (Å²) in [4.78, 5) is 24.2. The molecule has 1 saturated carbocycles. The van der Waals surface area contributed by atoms with Gasteiger partial charge in [-0.3, -0.25) is 4.79 Å². The van der Waals surface area contributed by atoms with E-state index >= 15 is 0 Å². The van der Waals surface area contributed by atoms with Crippen LogP contribution in [0.3, 0.4) is 0 Å². The molecule has 0 unspecified atom stereocenters. The minimum atomic E-state index is -3.59. The standard InChI is InChI=1S/C17H24N2O5S/c1-3-18-25(23,24)14-6-4-13(5-7-14)15(20)19-17(16(21)22)10-8-12(2)9-11-17/h4-7,12,18H,3,8-11H2,1-2H3,(H,19,20)(H,21,22). The number of hydrogen-bond donors (Lipinski definition) is 3. The molecule has 1 aliphatic carbocycles. The molecule has 0 radical (unpaired) electrons. The van der Waals surface area contributed by atoms with Gasteiger partial charge in [-0.2, -0.15) is 0 Å². The maximum absolute atomic E-state index is 12.5. The van der Waals surface area contributed by atoms with E-state index in [1.165, 1.54) is 24.3 Å². The lowest BCUT2D eigenvalue weighted by atomic mass is 9.77. The highest BCUT2D eigenvalue weighted by Crippen LogP contribution is 2.32. The first kappa shape index (κ1) is 19.4. The van der Waals surface area contributed by atoms with Crippen molar-refractivity contribution in [3.63, 3.8) is 0 Å². The molecule has 1 fully saturated rings. The Bertz CT molecular complexity index is 735. The van der Waals surface area contributed by atoms with E-state index in [1.807, 2.05) is 0 Å². The lowest BCUT2D eigenvalue weighted by molar-refractivity contribution is -0.146. The molecule has 1 amide bonds. The van der Waals surface area contributed by atoms with Gasteiger partial charge >= 0.3 is 5.97 Å². The number of benzene rings is 1. The van der Waals surface area contributed by atoms with E-state index in [-0.39, 0.29) is 17.0 Å². The van der Waals surface area contributed by atoms with Crippen molar-refractivity contribution >= 4 is 21.9 Å². The number of rotatable bonds is 6. The summed E-state index contributed by atoms with van der Waals surface area (Å²) >= 11 is 0. The van der Waals surface area contributed by atoms with E-state index in [1.54, 1.807) is 6.92 Å². The molecule has 138 valence electrons. The molecule has 0 spiro atoms. The number of aliphatic carboxylic acids is 1. The summed E-state index contributed by atoms with van der Waals surface area (Å²) in [7, 11) is -3.59. The molecule has 7 nitrogen and oxygen atoms in total. The van der Waals surface area contributed by atoms with Gasteiger partial charge in [0.05, 0.1) is 4.90 Å². The minimum Gasteiger partial charge on any atom is -0.480 e. The van der Waals surface area contributed by atoms with Crippen molar-refractivity contribution < 1.29 is 23.1 Å². The second-order valence-electron chi connectivity index (χ2n) is 6.55. The second kappa shape index (κ2) is 7.53. The van der Waals surface area contributed by atoms with Crippen LogP contribution < -0.4 is 10.0 Å². The Balaban J connectivity index is 2.16. The predicted octanol–water partition coefficient (Wildman–Crippen LogP) is 1.75. The van der Waals surface area contributed by atoms with Crippen LogP contribution in [-0.2, 0) is 14.8 Å². The van der Waals surface area contributed by atoms with Crippen molar-refractivity contribution in [3.8, 4) is 0 Å². The van der Waals surface area contributed by atoms with Gasteiger partial charge in [0.2, 0.25) is 10.0 Å². The SMILES string of the molecule is CCNS(=O)(=O)c1ccc(C(=O)NC2(C(=O)O)CCC(C)CC2)cc1. The van der Waals surface area contributed by atoms with Crippen molar-refractivity contribution in [2.24, 2.45) is 5.92 Å². The molecule has 0 bridgehead atoms. The first-order chi connectivity index (χ1) is 11.7. The van der Waals surface area contributed by atoms with Crippen molar-refractivity contribution in [1.29, 1.82) is 0 Å². The fraction of sp³-hybridized carbons (Fsp3) is 0.529. The zero-order valence-electron chi connectivity index (χ0n) is 14.4. The molecule has 0 saturated heterocycles. The highest BCUT2D eigenvalue weighted by atomic mass is 32.2. The second-order valence-corrected chi connectivity index (χ2v) is 8.32. The molecule has 0 aliphatic heterocycles. The molecule has 25 heavy (non-hydrogen) atoms. The number of carboxylic acids is 1. The molecule has 1 aromatic carbocycles. The molecule has 8 heteroatoms. The van der Waals surface area contributed by atoms with E-state index in [9.17, 15) is 23.1 Å². The van der Waals surface area contributed by atoms with E-state index < -0.39 is 27.4 Å². The number of amides is 1. The van der Waals surface area contributed by atoms with Crippen LogP contribution in [0.4, 0.5) is 0 Å². The van der Waals surface area contributed by atoms with Crippen LogP contribution >= 0.6 is 0 Å². The van der Waals surface area contributed by atoms with E-state index in [0.717, 1.165) is 12.8 Å². The summed E-state index contributed by atoms with van der Waals surface area (Å²) < 4.78 is 26.2. The van der Waals surface area contributed by atoms with Gasteiger partial charge in [-0.05, 0) is 55.9 Å². The molecule has 0 heterocycles. The average Bonchev–Trinajstić information content (AvgIpc) is 2.57. The Labute approximate surface area is 147 Å². The number of carbonyl (C=O) groups excluding carboxylic acids is 1. The van der Waals surface area contributed by atoms with Gasteiger partial charge in [-0.1, -0.05) is 13.8 Å². The molecule has 3 N–H and O–H groups in total. The minimum absolute atomic E-state index is 0.0605. The maximum Gasteiger partial charge on any atom is 0.329 e. The molecular weight excluding hydrogens is 344 g/mol. The zero-order chi connectivity index (χ0) is 18.7. The quantitative estimate of drug-likeness (QED) is 0.708. The van der Waals surface area contributed by atoms with Gasteiger partial charge in [0, 0.05) is 12.1 Å². The number of carbonyl (C=O) groups is 2. The highest BCUT2D eigenvalue weighted by Gasteiger charge is 2.42. The highest BCUT2D eigenvalue weighted by molar-refractivity contribution is 7.89. The molecule has 1 aliphatic rings. The van der Waals surface area contributed by atoms with Crippen LogP contribution in [0.5, 0.6) is 0 Å². The molecule has 0 aromatic heterocycles. The third-order valence-electron chi connectivity index (χ3n) is 4.65. The molecule has 2 rings (SSSR count). The van der Waals surface area contributed by atoms with Gasteiger partial charge < -0.3 is 10.4 Å². The summed E-state index contributed by atoms with van der Waals surface area (Å²) in [5, 5.41) is 12.2. The third kappa shape index (κ3) is 4.38. The van der Waals surface area contributed by atoms with Crippen LogP contribution in [0.2, 0.25) is 0 Å². The van der Waals surface area contributed by atoms with E-state index in [2.05, 4.69) is 17.0 Å². The Hall–Kier alpha value is -1.93. The van der Waals surface area contributed by atoms with Crippen molar-refractivity contribution in [2.45, 2.75) is 50.0 Å². The summed E-state index contributed by atoms with van der Waals surface area (Å²) in [6.07, 6.45) is 2.27. The van der Waals surface area contributed by atoms with Crippen LogP contribution in [0.1, 0.15) is 49.9 Å². The third-order valence-corrected chi connectivity index (χ3v) is 6.21. The van der Waals surface area contributed by atoms with Crippen LogP contribution in [0, 0.1) is 5.92 Å². The summed E-state index contributed by atoms with van der Waals surface area (Å²) in [6, 6.07) is 5.45. The van der Waals surface area contributed by atoms with E-state index in [4.69, 9.17) is 0 Å². The van der Waals surface area contributed by atoms with Crippen LogP contribution in [0.15, 0.2) is 29.2 Å². The maximum atomic E-state index is 12.5. The number of nitrogens with one attached hydrogen (secondary N) is 2. The Morgan fingerprint density at radius 3 is 2.24 bits per heavy atom. The zero-order valence-corrected chi connectivity index (χ0v) is 15.2. The van der Waals surface area contributed by atoms with E-state index in [0.29, 0.717) is 18.8 Å². The first-order valence-electron chi connectivity index (χ1n) is 8.36.